The van der Waals surface area contributed by atoms with Crippen molar-refractivity contribution in [2.24, 2.45) is 11.1 Å². The molecule has 1 amide bonds. The number of sulfonamides is 1. The fraction of sp³-hybridized carbons (Fsp3) is 0.387. The van der Waals surface area contributed by atoms with Crippen molar-refractivity contribution in [2.75, 3.05) is 49.1 Å². The van der Waals surface area contributed by atoms with Crippen molar-refractivity contribution in [3.63, 3.8) is 0 Å². The summed E-state index contributed by atoms with van der Waals surface area (Å²) in [5.41, 5.74) is 5.70. The van der Waals surface area contributed by atoms with E-state index in [1.54, 1.807) is 18.2 Å². The smallest absolute Gasteiger partial charge is 0.255 e. The Kier molecular flexibility index (Phi) is 8.29. The molecular weight excluding hydrogens is 536 g/mol. The van der Waals surface area contributed by atoms with Gasteiger partial charge in [-0.2, -0.15) is 5.26 Å². The van der Waals surface area contributed by atoms with Gasteiger partial charge in [0.25, 0.3) is 5.91 Å². The van der Waals surface area contributed by atoms with Crippen LogP contribution in [0.2, 0.25) is 0 Å². The van der Waals surface area contributed by atoms with Gasteiger partial charge >= 0.3 is 0 Å². The summed E-state index contributed by atoms with van der Waals surface area (Å²) >= 11 is 0. The molecule has 2 aromatic carbocycles. The molecule has 9 nitrogen and oxygen atoms in total. The Balaban J connectivity index is 1.24. The second kappa shape index (κ2) is 11.9. The predicted octanol–water partition coefficient (Wildman–Crippen LogP) is 3.64. The van der Waals surface area contributed by atoms with Crippen LogP contribution in [0.3, 0.4) is 0 Å². The number of carbonyl (C=O) groups is 1. The van der Waals surface area contributed by atoms with E-state index < -0.39 is 10.0 Å². The Hall–Kier alpha value is -3.94. The summed E-state index contributed by atoms with van der Waals surface area (Å²) in [6.07, 6.45) is 2.89. The van der Waals surface area contributed by atoms with Gasteiger partial charge in [-0.15, -0.1) is 0 Å². The molecule has 41 heavy (non-hydrogen) atoms. The fourth-order valence-electron chi connectivity index (χ4n) is 6.00. The fourth-order valence-corrected chi connectivity index (χ4v) is 6.76. The maximum atomic E-state index is 13.6. The van der Waals surface area contributed by atoms with Crippen LogP contribution in [0.1, 0.15) is 45.7 Å². The lowest BCUT2D eigenvalue weighted by atomic mass is 9.88. The van der Waals surface area contributed by atoms with Gasteiger partial charge in [0.05, 0.1) is 28.2 Å². The Morgan fingerprint density at radius 2 is 1.54 bits per heavy atom. The number of benzene rings is 2. The van der Waals surface area contributed by atoms with Gasteiger partial charge in [0.1, 0.15) is 11.0 Å². The quantitative estimate of drug-likeness (QED) is 0.478. The molecule has 0 bridgehead atoms. The summed E-state index contributed by atoms with van der Waals surface area (Å²) < 4.78 is 24.1. The highest BCUT2D eigenvalue weighted by Gasteiger charge is 2.28. The van der Waals surface area contributed by atoms with E-state index in [0.29, 0.717) is 48.9 Å². The van der Waals surface area contributed by atoms with Crippen LogP contribution in [-0.4, -0.2) is 63.5 Å². The molecule has 0 radical (unpaired) electrons. The molecule has 5 rings (SSSR count). The molecule has 2 aliphatic rings. The number of pyridine rings is 1. The zero-order valence-electron chi connectivity index (χ0n) is 23.6. The Morgan fingerprint density at radius 3 is 2.20 bits per heavy atom. The van der Waals surface area contributed by atoms with Crippen LogP contribution in [0.15, 0.2) is 59.5 Å². The van der Waals surface area contributed by atoms with Crippen LogP contribution in [-0.2, 0) is 16.4 Å². The number of rotatable bonds is 6. The predicted molar refractivity (Wildman–Crippen MR) is 159 cm³/mol. The van der Waals surface area contributed by atoms with E-state index in [0.717, 1.165) is 55.0 Å². The van der Waals surface area contributed by atoms with E-state index in [-0.39, 0.29) is 10.8 Å². The molecule has 2 fully saturated rings. The average Bonchev–Trinajstić information content (AvgIpc) is 2.98. The largest absolute Gasteiger partial charge is 0.370 e. The summed E-state index contributed by atoms with van der Waals surface area (Å²) in [5, 5.41) is 14.9. The molecule has 3 heterocycles. The standard InChI is InChI=1S/C31H36N6O3S/c1-22-26(19-24-11-13-35(14-12-24)28-8-4-3-7-25(28)21-32)20-27(23(2)34-22)31(38)37-17-15-36(16-18-37)29-9-5-6-10-30(29)41(33,39)40/h3-10,20,24H,11-19H2,1-2H3,(H2,33,39,40). The number of para-hydroxylation sites is 2. The third kappa shape index (κ3) is 6.21. The monoisotopic (exact) mass is 572 g/mol. The van der Waals surface area contributed by atoms with Crippen molar-refractivity contribution >= 4 is 27.3 Å². The summed E-state index contributed by atoms with van der Waals surface area (Å²) in [4.78, 5) is 24.6. The molecule has 0 spiro atoms. The minimum atomic E-state index is -3.85. The van der Waals surface area contributed by atoms with Crippen molar-refractivity contribution in [1.29, 1.82) is 5.26 Å². The Bertz CT molecular complexity index is 1580. The molecule has 214 valence electrons. The van der Waals surface area contributed by atoms with Crippen molar-refractivity contribution in [3.05, 3.63) is 82.7 Å². The number of anilines is 2. The van der Waals surface area contributed by atoms with E-state index in [4.69, 9.17) is 10.1 Å². The minimum absolute atomic E-state index is 0.0430. The molecule has 2 saturated heterocycles. The van der Waals surface area contributed by atoms with Crippen LogP contribution in [0.4, 0.5) is 11.4 Å². The van der Waals surface area contributed by atoms with Gasteiger partial charge in [-0.05, 0) is 74.9 Å². The molecule has 0 atom stereocenters. The number of aryl methyl sites for hydroxylation is 2. The number of nitrogens with zero attached hydrogens (tertiary/aromatic N) is 5. The molecule has 3 aromatic rings. The van der Waals surface area contributed by atoms with Crippen LogP contribution in [0, 0.1) is 31.1 Å². The number of piperidine rings is 1. The van der Waals surface area contributed by atoms with Crippen LogP contribution in [0.25, 0.3) is 0 Å². The topological polar surface area (TPSA) is 124 Å². The summed E-state index contributed by atoms with van der Waals surface area (Å²) in [6.45, 7) is 7.66. The molecular formula is C31H36N6O3S. The lowest BCUT2D eigenvalue weighted by Crippen LogP contribution is -2.49. The van der Waals surface area contributed by atoms with Crippen molar-refractivity contribution in [1.82, 2.24) is 9.88 Å². The summed E-state index contributed by atoms with van der Waals surface area (Å²) in [7, 11) is -3.85. The van der Waals surface area contributed by atoms with E-state index in [1.807, 2.05) is 54.0 Å². The number of primary sulfonamides is 1. The highest BCUT2D eigenvalue weighted by molar-refractivity contribution is 7.89. The Labute approximate surface area is 242 Å². The van der Waals surface area contributed by atoms with Crippen molar-refractivity contribution in [2.45, 2.75) is 38.0 Å². The Morgan fingerprint density at radius 1 is 0.927 bits per heavy atom. The maximum absolute atomic E-state index is 13.6. The number of aromatic nitrogens is 1. The van der Waals surface area contributed by atoms with E-state index in [9.17, 15) is 18.5 Å². The van der Waals surface area contributed by atoms with Crippen molar-refractivity contribution < 1.29 is 13.2 Å². The molecule has 0 unspecified atom stereocenters. The minimum Gasteiger partial charge on any atom is -0.370 e. The first-order valence-corrected chi connectivity index (χ1v) is 15.6. The van der Waals surface area contributed by atoms with Crippen LogP contribution < -0.4 is 14.9 Å². The van der Waals surface area contributed by atoms with Gasteiger partial charge in [-0.1, -0.05) is 24.3 Å². The number of hydrogen-bond donors (Lipinski definition) is 1. The van der Waals surface area contributed by atoms with E-state index in [1.165, 1.54) is 6.07 Å². The van der Waals surface area contributed by atoms with E-state index in [2.05, 4.69) is 11.0 Å². The van der Waals surface area contributed by atoms with Gasteiger partial charge in [0, 0.05) is 45.0 Å². The van der Waals surface area contributed by atoms with Crippen molar-refractivity contribution in [3.8, 4) is 6.07 Å². The van der Waals surface area contributed by atoms with Gasteiger partial charge in [0.15, 0.2) is 0 Å². The lowest BCUT2D eigenvalue weighted by molar-refractivity contribution is 0.0745. The third-order valence-corrected chi connectivity index (χ3v) is 9.26. The SMILES string of the molecule is Cc1nc(C)c(C(=O)N2CCN(c3ccccc3S(N)(=O)=O)CC2)cc1CC1CCN(c2ccccc2C#N)CC1. The highest BCUT2D eigenvalue weighted by Crippen LogP contribution is 2.30. The molecule has 0 aliphatic carbocycles. The first kappa shape index (κ1) is 28.6. The molecule has 2 N–H and O–H groups in total. The van der Waals surface area contributed by atoms with Gasteiger partial charge in [-0.25, -0.2) is 13.6 Å². The van der Waals surface area contributed by atoms with E-state index >= 15 is 0 Å². The second-order valence-electron chi connectivity index (χ2n) is 10.9. The molecule has 1 aromatic heterocycles. The molecule has 0 saturated carbocycles. The first-order valence-electron chi connectivity index (χ1n) is 14.0. The van der Waals surface area contributed by atoms with Gasteiger partial charge < -0.3 is 14.7 Å². The average molecular weight is 573 g/mol. The zero-order chi connectivity index (χ0) is 29.1. The number of carbonyl (C=O) groups excluding carboxylic acids is 1. The normalized spacial score (nSPS) is 16.5. The van der Waals surface area contributed by atoms with Crippen LogP contribution in [0.5, 0.6) is 0 Å². The maximum Gasteiger partial charge on any atom is 0.255 e. The van der Waals surface area contributed by atoms with Gasteiger partial charge in [-0.3, -0.25) is 9.78 Å². The third-order valence-electron chi connectivity index (χ3n) is 8.31. The second-order valence-corrected chi connectivity index (χ2v) is 12.5. The number of nitriles is 1. The summed E-state index contributed by atoms with van der Waals surface area (Å²) in [6, 6.07) is 18.8. The lowest BCUT2D eigenvalue weighted by Gasteiger charge is -2.37. The number of amides is 1. The molecule has 2 aliphatic heterocycles. The first-order chi connectivity index (χ1) is 19.7. The molecule has 10 heteroatoms. The highest BCUT2D eigenvalue weighted by atomic mass is 32.2. The van der Waals surface area contributed by atoms with Gasteiger partial charge in [0.2, 0.25) is 10.0 Å². The number of hydrogen-bond acceptors (Lipinski definition) is 7. The summed E-state index contributed by atoms with van der Waals surface area (Å²) in [5.74, 6) is 0.438. The number of nitrogens with two attached hydrogens (primary N) is 1. The zero-order valence-corrected chi connectivity index (χ0v) is 24.4. The van der Waals surface area contributed by atoms with Crippen LogP contribution >= 0.6 is 0 Å². The number of piperazine rings is 1.